The zero-order valence-electron chi connectivity index (χ0n) is 12.7. The maximum atomic E-state index is 10.7. The highest BCUT2D eigenvalue weighted by Gasteiger charge is 2.15. The van der Waals surface area contributed by atoms with Crippen LogP contribution in [0.3, 0.4) is 0 Å². The largest absolute Gasteiger partial charge is 0.480 e. The summed E-state index contributed by atoms with van der Waals surface area (Å²) in [6.07, 6.45) is 3.06. The quantitative estimate of drug-likeness (QED) is 0.790. The first-order valence-electron chi connectivity index (χ1n) is 7.47. The van der Waals surface area contributed by atoms with E-state index in [9.17, 15) is 4.79 Å². The number of rotatable bonds is 6. The van der Waals surface area contributed by atoms with Crippen LogP contribution in [0.1, 0.15) is 32.3 Å². The molecule has 2 atom stereocenters. The molecule has 1 aliphatic rings. The fraction of sp³-hybridized carbons (Fsp3) is 0.562. The number of nitrogens with two attached hydrogens (primary N) is 1. The summed E-state index contributed by atoms with van der Waals surface area (Å²) in [5, 5.41) is 8.76. The molecule has 0 radical (unpaired) electrons. The van der Waals surface area contributed by atoms with Gasteiger partial charge in [-0.2, -0.15) is 0 Å². The van der Waals surface area contributed by atoms with Crippen LogP contribution in [0.5, 0.6) is 0 Å². The van der Waals surface area contributed by atoms with Crippen molar-refractivity contribution in [2.45, 2.75) is 50.2 Å². The van der Waals surface area contributed by atoms with Crippen LogP contribution in [0.4, 0.5) is 0 Å². The molecule has 0 amide bonds. The SMILES string of the molecule is CC.NC(Cc1ccc(SCC2CCCO2)cc1)C(=O)O. The summed E-state index contributed by atoms with van der Waals surface area (Å²) < 4.78 is 5.57. The number of carboxylic acid groups (broad SMARTS) is 1. The molecule has 0 aromatic heterocycles. The molecule has 0 spiro atoms. The molecule has 1 saturated heterocycles. The average Bonchev–Trinajstić information content (AvgIpc) is 3.02. The molecule has 118 valence electrons. The highest BCUT2D eigenvalue weighted by Crippen LogP contribution is 2.24. The van der Waals surface area contributed by atoms with Crippen LogP contribution in [0, 0.1) is 0 Å². The minimum atomic E-state index is -0.961. The first kappa shape index (κ1) is 18.0. The minimum Gasteiger partial charge on any atom is -0.480 e. The molecule has 21 heavy (non-hydrogen) atoms. The molecule has 1 heterocycles. The molecule has 0 bridgehead atoms. The van der Waals surface area contributed by atoms with Gasteiger partial charge in [0.25, 0.3) is 0 Å². The van der Waals surface area contributed by atoms with Gasteiger partial charge in [0.15, 0.2) is 0 Å². The molecule has 5 heteroatoms. The second-order valence-corrected chi connectivity index (χ2v) is 5.83. The lowest BCUT2D eigenvalue weighted by Gasteiger charge is -2.10. The molecule has 3 N–H and O–H groups in total. The van der Waals surface area contributed by atoms with Crippen LogP contribution in [0.25, 0.3) is 0 Å². The van der Waals surface area contributed by atoms with Gasteiger partial charge < -0.3 is 15.6 Å². The Hall–Kier alpha value is -1.04. The third-order valence-electron chi connectivity index (χ3n) is 3.16. The first-order valence-corrected chi connectivity index (χ1v) is 8.45. The van der Waals surface area contributed by atoms with Crippen molar-refractivity contribution >= 4 is 17.7 Å². The summed E-state index contributed by atoms with van der Waals surface area (Å²) >= 11 is 1.78. The Labute approximate surface area is 131 Å². The molecular formula is C16H25NO3S. The predicted molar refractivity (Wildman–Crippen MR) is 86.8 cm³/mol. The van der Waals surface area contributed by atoms with Crippen molar-refractivity contribution in [1.29, 1.82) is 0 Å². The minimum absolute atomic E-state index is 0.367. The predicted octanol–water partition coefficient (Wildman–Crippen LogP) is 2.94. The van der Waals surface area contributed by atoms with Gasteiger partial charge >= 0.3 is 5.97 Å². The highest BCUT2D eigenvalue weighted by atomic mass is 32.2. The first-order chi connectivity index (χ1) is 10.1. The summed E-state index contributed by atoms with van der Waals surface area (Å²) in [4.78, 5) is 11.9. The fourth-order valence-electron chi connectivity index (χ4n) is 2.03. The molecule has 2 unspecified atom stereocenters. The van der Waals surface area contributed by atoms with Gasteiger partial charge in [-0.3, -0.25) is 4.79 Å². The summed E-state index contributed by atoms with van der Waals surface area (Å²) in [6, 6.07) is 7.10. The topological polar surface area (TPSA) is 72.5 Å². The average molecular weight is 311 g/mol. The van der Waals surface area contributed by atoms with Gasteiger partial charge in [0, 0.05) is 17.3 Å². The summed E-state index contributed by atoms with van der Waals surface area (Å²) in [5.41, 5.74) is 6.46. The Balaban J connectivity index is 0.00000106. The Morgan fingerprint density at radius 3 is 2.62 bits per heavy atom. The maximum absolute atomic E-state index is 10.7. The van der Waals surface area contributed by atoms with Crippen LogP contribution in [-0.2, 0) is 16.0 Å². The van der Waals surface area contributed by atoms with E-state index >= 15 is 0 Å². The smallest absolute Gasteiger partial charge is 0.320 e. The number of thioether (sulfide) groups is 1. The van der Waals surface area contributed by atoms with E-state index in [2.05, 4.69) is 0 Å². The van der Waals surface area contributed by atoms with Crippen molar-refractivity contribution in [3.63, 3.8) is 0 Å². The standard InChI is InChI=1S/C14H19NO3S.C2H6/c15-13(14(16)17)8-10-3-5-12(6-4-10)19-9-11-2-1-7-18-11;1-2/h3-6,11,13H,1-2,7-9,15H2,(H,16,17);1-2H3. The number of hydrogen-bond acceptors (Lipinski definition) is 4. The molecule has 0 aliphatic carbocycles. The zero-order valence-corrected chi connectivity index (χ0v) is 13.6. The molecular weight excluding hydrogens is 286 g/mol. The van der Waals surface area contributed by atoms with Crippen LogP contribution < -0.4 is 5.73 Å². The second kappa shape index (κ2) is 9.82. The van der Waals surface area contributed by atoms with E-state index in [0.717, 1.165) is 30.8 Å². The van der Waals surface area contributed by atoms with E-state index in [4.69, 9.17) is 15.6 Å². The number of benzene rings is 1. The lowest BCUT2D eigenvalue weighted by molar-refractivity contribution is -0.138. The molecule has 1 fully saturated rings. The van der Waals surface area contributed by atoms with E-state index in [-0.39, 0.29) is 0 Å². The van der Waals surface area contributed by atoms with Crippen molar-refractivity contribution in [3.05, 3.63) is 29.8 Å². The Morgan fingerprint density at radius 1 is 1.43 bits per heavy atom. The third kappa shape index (κ3) is 6.50. The van der Waals surface area contributed by atoms with Crippen molar-refractivity contribution in [1.82, 2.24) is 0 Å². The normalized spacial score (nSPS) is 18.7. The van der Waals surface area contributed by atoms with Gasteiger partial charge in [-0.05, 0) is 37.0 Å². The molecule has 1 aliphatic heterocycles. The number of hydrogen-bond donors (Lipinski definition) is 2. The van der Waals surface area contributed by atoms with E-state index in [1.165, 1.54) is 4.90 Å². The highest BCUT2D eigenvalue weighted by molar-refractivity contribution is 7.99. The number of aliphatic carboxylic acids is 1. The molecule has 2 rings (SSSR count). The zero-order chi connectivity index (χ0) is 15.7. The van der Waals surface area contributed by atoms with Gasteiger partial charge in [-0.15, -0.1) is 11.8 Å². The Kier molecular flexibility index (Phi) is 8.42. The van der Waals surface area contributed by atoms with Gasteiger partial charge in [0.2, 0.25) is 0 Å². The van der Waals surface area contributed by atoms with Gasteiger partial charge in [-0.1, -0.05) is 26.0 Å². The van der Waals surface area contributed by atoms with Gasteiger partial charge in [-0.25, -0.2) is 0 Å². The number of carbonyl (C=O) groups is 1. The lowest BCUT2D eigenvalue weighted by Crippen LogP contribution is -2.32. The Morgan fingerprint density at radius 2 is 2.10 bits per heavy atom. The lowest BCUT2D eigenvalue weighted by atomic mass is 10.1. The monoisotopic (exact) mass is 311 g/mol. The van der Waals surface area contributed by atoms with Crippen LogP contribution in [-0.4, -0.2) is 35.6 Å². The fourth-order valence-corrected chi connectivity index (χ4v) is 3.00. The summed E-state index contributed by atoms with van der Waals surface area (Å²) in [7, 11) is 0. The number of carboxylic acids is 1. The molecule has 1 aromatic carbocycles. The van der Waals surface area contributed by atoms with Crippen molar-refractivity contribution in [2.24, 2.45) is 5.73 Å². The van der Waals surface area contributed by atoms with Gasteiger partial charge in [0.05, 0.1) is 6.10 Å². The maximum Gasteiger partial charge on any atom is 0.320 e. The van der Waals surface area contributed by atoms with E-state index in [1.54, 1.807) is 11.8 Å². The summed E-state index contributed by atoms with van der Waals surface area (Å²) in [5.74, 6) is 0.0189. The number of ether oxygens (including phenoxy) is 1. The van der Waals surface area contributed by atoms with Gasteiger partial charge in [0.1, 0.15) is 6.04 Å². The van der Waals surface area contributed by atoms with Crippen molar-refractivity contribution in [3.8, 4) is 0 Å². The van der Waals surface area contributed by atoms with E-state index in [1.807, 2.05) is 38.1 Å². The van der Waals surface area contributed by atoms with Crippen molar-refractivity contribution < 1.29 is 14.6 Å². The van der Waals surface area contributed by atoms with E-state index in [0.29, 0.717) is 12.5 Å². The van der Waals surface area contributed by atoms with Crippen LogP contribution in [0.15, 0.2) is 29.2 Å². The molecule has 4 nitrogen and oxygen atoms in total. The Bertz CT molecular complexity index is 416. The van der Waals surface area contributed by atoms with Crippen LogP contribution >= 0.6 is 11.8 Å². The molecule has 1 aromatic rings. The molecule has 0 saturated carbocycles. The summed E-state index contributed by atoms with van der Waals surface area (Å²) in [6.45, 7) is 4.89. The second-order valence-electron chi connectivity index (χ2n) is 4.74. The van der Waals surface area contributed by atoms with E-state index < -0.39 is 12.0 Å². The third-order valence-corrected chi connectivity index (χ3v) is 4.30. The van der Waals surface area contributed by atoms with Crippen LogP contribution in [0.2, 0.25) is 0 Å². The van der Waals surface area contributed by atoms with Crippen molar-refractivity contribution in [2.75, 3.05) is 12.4 Å².